The van der Waals surface area contributed by atoms with Gasteiger partial charge < -0.3 is 0 Å². The van der Waals surface area contributed by atoms with Crippen molar-refractivity contribution >= 4 is 11.0 Å². The molecule has 2 heteroatoms. The minimum atomic E-state index is 0.908. The molecule has 0 atom stereocenters. The van der Waals surface area contributed by atoms with E-state index < -0.39 is 0 Å². The van der Waals surface area contributed by atoms with E-state index in [4.69, 9.17) is 4.98 Å². The van der Waals surface area contributed by atoms with Crippen molar-refractivity contribution in [3.63, 3.8) is 0 Å². The lowest BCUT2D eigenvalue weighted by atomic mass is 10.1. The Bertz CT molecular complexity index is 996. The molecule has 4 rings (SSSR count). The van der Waals surface area contributed by atoms with Gasteiger partial charge in [-0.05, 0) is 47.4 Å². The van der Waals surface area contributed by atoms with Crippen molar-refractivity contribution in [2.24, 2.45) is 0 Å². The molecule has 0 bridgehead atoms. The maximum absolute atomic E-state index is 4.90. The Kier molecular flexibility index (Phi) is 4.10. The molecular formula is C23H22N2. The third kappa shape index (κ3) is 2.85. The number of hydrogen-bond acceptors (Lipinski definition) is 1. The topological polar surface area (TPSA) is 17.8 Å². The first-order chi connectivity index (χ1) is 12.3. The molecule has 0 radical (unpaired) electrons. The summed E-state index contributed by atoms with van der Waals surface area (Å²) in [6.45, 7) is 4.35. The van der Waals surface area contributed by atoms with Crippen LogP contribution in [0.1, 0.15) is 25.2 Å². The van der Waals surface area contributed by atoms with Crippen LogP contribution >= 0.6 is 0 Å². The van der Waals surface area contributed by atoms with Gasteiger partial charge in [-0.2, -0.15) is 0 Å². The van der Waals surface area contributed by atoms with Gasteiger partial charge >= 0.3 is 0 Å². The van der Waals surface area contributed by atoms with Crippen molar-refractivity contribution in [1.29, 1.82) is 0 Å². The lowest BCUT2D eigenvalue weighted by Crippen LogP contribution is -2.00. The Morgan fingerprint density at radius 1 is 0.760 bits per heavy atom. The number of nitrogens with zero attached hydrogens (tertiary/aromatic N) is 2. The standard InChI is InChI=1S/C23H22N2/c1-3-17-10-13-20(14-11-17)25-22-15-12-19(18-8-6-5-7-9-18)16-21(22)24-23(25)4-2/h5-16H,3-4H2,1-2H3. The molecule has 0 unspecified atom stereocenters. The highest BCUT2D eigenvalue weighted by molar-refractivity contribution is 5.84. The predicted molar refractivity (Wildman–Crippen MR) is 105 cm³/mol. The van der Waals surface area contributed by atoms with Crippen LogP contribution in [0.5, 0.6) is 0 Å². The zero-order chi connectivity index (χ0) is 17.2. The van der Waals surface area contributed by atoms with Gasteiger partial charge in [-0.25, -0.2) is 4.98 Å². The van der Waals surface area contributed by atoms with Crippen LogP contribution in [0.3, 0.4) is 0 Å². The van der Waals surface area contributed by atoms with Gasteiger partial charge in [-0.15, -0.1) is 0 Å². The average molecular weight is 326 g/mol. The highest BCUT2D eigenvalue weighted by Gasteiger charge is 2.12. The summed E-state index contributed by atoms with van der Waals surface area (Å²) in [5.74, 6) is 1.10. The van der Waals surface area contributed by atoms with E-state index in [0.29, 0.717) is 0 Å². The van der Waals surface area contributed by atoms with E-state index in [1.807, 2.05) is 6.07 Å². The lowest BCUT2D eigenvalue weighted by Gasteiger charge is -2.09. The summed E-state index contributed by atoms with van der Waals surface area (Å²) in [6.07, 6.45) is 1.97. The van der Waals surface area contributed by atoms with Crippen molar-refractivity contribution < 1.29 is 0 Å². The Morgan fingerprint density at radius 2 is 1.52 bits per heavy atom. The molecule has 0 aliphatic heterocycles. The number of aromatic nitrogens is 2. The molecule has 2 nitrogen and oxygen atoms in total. The Labute approximate surface area is 148 Å². The molecule has 124 valence electrons. The minimum absolute atomic E-state index is 0.908. The molecule has 3 aromatic carbocycles. The molecule has 0 spiro atoms. The van der Waals surface area contributed by atoms with Crippen LogP contribution in [-0.4, -0.2) is 9.55 Å². The number of fused-ring (bicyclic) bond motifs is 1. The molecule has 0 saturated heterocycles. The fraction of sp³-hybridized carbons (Fsp3) is 0.174. The van der Waals surface area contributed by atoms with Crippen molar-refractivity contribution in [2.75, 3.05) is 0 Å². The number of rotatable bonds is 4. The fourth-order valence-electron chi connectivity index (χ4n) is 3.35. The number of aryl methyl sites for hydroxylation is 2. The summed E-state index contributed by atoms with van der Waals surface area (Å²) < 4.78 is 2.28. The first-order valence-electron chi connectivity index (χ1n) is 8.96. The summed E-state index contributed by atoms with van der Waals surface area (Å²) >= 11 is 0. The van der Waals surface area contributed by atoms with Gasteiger partial charge in [0.2, 0.25) is 0 Å². The molecule has 0 amide bonds. The summed E-state index contributed by atoms with van der Waals surface area (Å²) in [5, 5.41) is 0. The van der Waals surface area contributed by atoms with E-state index in [2.05, 4.69) is 85.1 Å². The monoisotopic (exact) mass is 326 g/mol. The Balaban J connectivity index is 1.86. The van der Waals surface area contributed by atoms with E-state index in [9.17, 15) is 0 Å². The highest BCUT2D eigenvalue weighted by Crippen LogP contribution is 2.27. The number of benzene rings is 3. The van der Waals surface area contributed by atoms with Crippen molar-refractivity contribution in [3.8, 4) is 16.8 Å². The van der Waals surface area contributed by atoms with Gasteiger partial charge in [0.25, 0.3) is 0 Å². The van der Waals surface area contributed by atoms with Gasteiger partial charge in [0.1, 0.15) is 5.82 Å². The molecule has 0 saturated carbocycles. The molecule has 4 aromatic rings. The quantitative estimate of drug-likeness (QED) is 0.462. The second-order valence-electron chi connectivity index (χ2n) is 6.31. The van der Waals surface area contributed by atoms with E-state index in [0.717, 1.165) is 24.2 Å². The smallest absolute Gasteiger partial charge is 0.114 e. The summed E-state index contributed by atoms with van der Waals surface area (Å²) in [7, 11) is 0. The van der Waals surface area contributed by atoms with Gasteiger partial charge in [0, 0.05) is 12.1 Å². The van der Waals surface area contributed by atoms with Gasteiger partial charge in [0.05, 0.1) is 11.0 Å². The normalized spacial score (nSPS) is 11.1. The SMILES string of the molecule is CCc1ccc(-n2c(CC)nc3cc(-c4ccccc4)ccc32)cc1. The number of imidazole rings is 1. The first-order valence-corrected chi connectivity index (χ1v) is 8.96. The summed E-state index contributed by atoms with van der Waals surface area (Å²) in [5.41, 5.74) is 7.20. The van der Waals surface area contributed by atoms with E-state index >= 15 is 0 Å². The first kappa shape index (κ1) is 15.6. The zero-order valence-corrected chi connectivity index (χ0v) is 14.7. The lowest BCUT2D eigenvalue weighted by molar-refractivity contribution is 0.907. The molecule has 0 aliphatic rings. The van der Waals surface area contributed by atoms with Gasteiger partial charge in [-0.1, -0.05) is 62.4 Å². The molecule has 0 fully saturated rings. The Hall–Kier alpha value is -2.87. The van der Waals surface area contributed by atoms with Crippen LogP contribution in [-0.2, 0) is 12.8 Å². The second kappa shape index (κ2) is 6.56. The Morgan fingerprint density at radius 3 is 2.20 bits per heavy atom. The van der Waals surface area contributed by atoms with E-state index in [-0.39, 0.29) is 0 Å². The van der Waals surface area contributed by atoms with Crippen LogP contribution in [0.25, 0.3) is 27.8 Å². The van der Waals surface area contributed by atoms with Crippen LogP contribution in [0.15, 0.2) is 72.8 Å². The van der Waals surface area contributed by atoms with Crippen LogP contribution < -0.4 is 0 Å². The molecular weight excluding hydrogens is 304 g/mol. The molecule has 25 heavy (non-hydrogen) atoms. The predicted octanol–water partition coefficient (Wildman–Crippen LogP) is 5.82. The van der Waals surface area contributed by atoms with Crippen molar-refractivity contribution in [3.05, 3.63) is 84.2 Å². The highest BCUT2D eigenvalue weighted by atomic mass is 15.1. The molecule has 0 aliphatic carbocycles. The third-order valence-electron chi connectivity index (χ3n) is 4.75. The maximum Gasteiger partial charge on any atom is 0.114 e. The number of hydrogen-bond donors (Lipinski definition) is 0. The van der Waals surface area contributed by atoms with Crippen LogP contribution in [0.4, 0.5) is 0 Å². The van der Waals surface area contributed by atoms with Crippen LogP contribution in [0.2, 0.25) is 0 Å². The molecule has 0 N–H and O–H groups in total. The van der Waals surface area contributed by atoms with E-state index in [1.165, 1.54) is 27.9 Å². The maximum atomic E-state index is 4.90. The molecule has 1 aromatic heterocycles. The zero-order valence-electron chi connectivity index (χ0n) is 14.7. The second-order valence-corrected chi connectivity index (χ2v) is 6.31. The van der Waals surface area contributed by atoms with E-state index in [1.54, 1.807) is 0 Å². The average Bonchev–Trinajstić information content (AvgIpc) is 3.06. The molecule has 1 heterocycles. The third-order valence-corrected chi connectivity index (χ3v) is 4.75. The van der Waals surface area contributed by atoms with Crippen LogP contribution in [0, 0.1) is 0 Å². The summed E-state index contributed by atoms with van der Waals surface area (Å²) in [4.78, 5) is 4.90. The largest absolute Gasteiger partial charge is 0.296 e. The summed E-state index contributed by atoms with van der Waals surface area (Å²) in [6, 6.07) is 25.9. The van der Waals surface area contributed by atoms with Gasteiger partial charge in [-0.3, -0.25) is 4.57 Å². The fourth-order valence-corrected chi connectivity index (χ4v) is 3.35. The minimum Gasteiger partial charge on any atom is -0.296 e. The van der Waals surface area contributed by atoms with Crippen molar-refractivity contribution in [2.45, 2.75) is 26.7 Å². The van der Waals surface area contributed by atoms with Crippen molar-refractivity contribution in [1.82, 2.24) is 9.55 Å². The van der Waals surface area contributed by atoms with Gasteiger partial charge in [0.15, 0.2) is 0 Å².